The summed E-state index contributed by atoms with van der Waals surface area (Å²) < 4.78 is 0. The van der Waals surface area contributed by atoms with E-state index in [1.807, 2.05) is 78.9 Å². The van der Waals surface area contributed by atoms with Crippen LogP contribution in [0.15, 0.2) is 91.0 Å². The molecule has 5 rings (SSSR count). The molecule has 55 heavy (non-hydrogen) atoms. The maximum atomic E-state index is 14.7. The van der Waals surface area contributed by atoms with Crippen LogP contribution >= 0.6 is 0 Å². The Morgan fingerprint density at radius 3 is 2.27 bits per heavy atom. The Kier molecular flexibility index (Phi) is 13.6. The Morgan fingerprint density at radius 2 is 1.58 bits per heavy atom. The van der Waals surface area contributed by atoms with Crippen LogP contribution in [0.4, 0.5) is 0 Å². The number of amides is 5. The first kappa shape index (κ1) is 40.8. The summed E-state index contributed by atoms with van der Waals surface area (Å²) in [6.07, 6.45) is 2.94. The molecule has 0 aromatic heterocycles. The maximum absolute atomic E-state index is 14.7. The van der Waals surface area contributed by atoms with Crippen molar-refractivity contribution < 1.29 is 29.1 Å². The molecule has 2 aliphatic rings. The SMILES string of the molecule is CC(C)(C)c1ccc(C[C@@H]2NC(=O)[C@]3(Cc4ccccc4)CCCN(C3)C(=O)/C=C/C(=O)NCC[C@@H](C(N)=O)NC(O)Cc3ccccc3CNC2=O)cc1. The molecule has 3 aromatic carbocycles. The van der Waals surface area contributed by atoms with Crippen LogP contribution in [0.25, 0.3) is 0 Å². The average molecular weight is 751 g/mol. The summed E-state index contributed by atoms with van der Waals surface area (Å²) in [5, 5.41) is 22.6. The zero-order valence-electron chi connectivity index (χ0n) is 32.0. The second-order valence-corrected chi connectivity index (χ2v) is 15.7. The Hall–Kier alpha value is -5.33. The van der Waals surface area contributed by atoms with Crippen molar-refractivity contribution in [3.8, 4) is 0 Å². The molecule has 1 unspecified atom stereocenters. The summed E-state index contributed by atoms with van der Waals surface area (Å²) in [6.45, 7) is 7.05. The number of aliphatic hydroxyl groups is 1. The molecule has 292 valence electrons. The van der Waals surface area contributed by atoms with Crippen LogP contribution in [0.1, 0.15) is 67.9 Å². The molecule has 2 aliphatic heterocycles. The molecule has 1 saturated heterocycles. The smallest absolute Gasteiger partial charge is 0.246 e. The number of nitrogens with zero attached hydrogens (tertiary/aromatic N) is 1. The third-order valence-electron chi connectivity index (χ3n) is 10.5. The zero-order valence-corrected chi connectivity index (χ0v) is 32.0. The van der Waals surface area contributed by atoms with Crippen LogP contribution < -0.4 is 27.0 Å². The van der Waals surface area contributed by atoms with E-state index in [1.165, 1.54) is 6.08 Å². The number of hydrogen-bond acceptors (Lipinski definition) is 7. The van der Waals surface area contributed by atoms with Crippen LogP contribution in [-0.2, 0) is 55.2 Å². The topological polar surface area (TPSA) is 183 Å². The standard InChI is InChI=1S/C43H54N6O6/c1-42(2,3)33-16-14-29(15-17-33)24-35-40(54)46-27-32-13-8-7-12-31(32)25-37(51)47-34(39(44)53)20-22-45-36(50)18-19-38(52)49-23-9-21-43(28-49,41(55)48-35)26-30-10-5-4-6-11-30/h4-8,10-19,34-35,37,47,51H,9,20-28H2,1-3H3,(H2,44,53)(H,45,50)(H,46,54)(H,48,55)/b19-18+/t34-,35-,37?,43-/m0/s1. The van der Waals surface area contributed by atoms with Crippen LogP contribution in [0, 0.1) is 5.41 Å². The number of nitrogens with one attached hydrogen (secondary N) is 4. The predicted molar refractivity (Wildman–Crippen MR) is 210 cm³/mol. The van der Waals surface area contributed by atoms with Crippen molar-refractivity contribution in [2.45, 2.75) is 89.6 Å². The number of aliphatic hydroxyl groups excluding tert-OH is 1. The van der Waals surface area contributed by atoms with Gasteiger partial charge >= 0.3 is 0 Å². The molecule has 0 aliphatic carbocycles. The number of carbonyl (C=O) groups is 5. The minimum absolute atomic E-state index is 0.0548. The summed E-state index contributed by atoms with van der Waals surface area (Å²) in [5.41, 5.74) is 8.91. The van der Waals surface area contributed by atoms with Gasteiger partial charge in [-0.15, -0.1) is 0 Å². The maximum Gasteiger partial charge on any atom is 0.246 e. The van der Waals surface area contributed by atoms with Crippen molar-refractivity contribution in [1.82, 2.24) is 26.2 Å². The molecule has 2 heterocycles. The van der Waals surface area contributed by atoms with E-state index in [1.54, 1.807) is 4.90 Å². The number of nitrogens with two attached hydrogens (primary N) is 1. The van der Waals surface area contributed by atoms with Gasteiger partial charge in [0.15, 0.2) is 0 Å². The lowest BCUT2D eigenvalue weighted by Crippen LogP contribution is -2.58. The van der Waals surface area contributed by atoms with E-state index in [9.17, 15) is 29.1 Å². The van der Waals surface area contributed by atoms with Gasteiger partial charge in [0.25, 0.3) is 0 Å². The minimum atomic E-state index is -1.17. The number of primary amides is 1. The lowest BCUT2D eigenvalue weighted by Gasteiger charge is -2.42. The molecule has 0 radical (unpaired) electrons. The molecule has 7 N–H and O–H groups in total. The van der Waals surface area contributed by atoms with Gasteiger partial charge < -0.3 is 31.7 Å². The first-order valence-corrected chi connectivity index (χ1v) is 19.0. The summed E-state index contributed by atoms with van der Waals surface area (Å²) in [5.74, 6) is -2.37. The highest BCUT2D eigenvalue weighted by atomic mass is 16.3. The number of fused-ring (bicyclic) bond motifs is 3. The van der Waals surface area contributed by atoms with E-state index in [0.29, 0.717) is 25.8 Å². The molecular formula is C43H54N6O6. The summed E-state index contributed by atoms with van der Waals surface area (Å²) in [4.78, 5) is 69.0. The third-order valence-corrected chi connectivity index (χ3v) is 10.5. The van der Waals surface area contributed by atoms with Gasteiger partial charge in [0.1, 0.15) is 12.3 Å². The van der Waals surface area contributed by atoms with Crippen LogP contribution in [0.2, 0.25) is 0 Å². The molecule has 4 atom stereocenters. The fourth-order valence-electron chi connectivity index (χ4n) is 7.31. The second kappa shape index (κ2) is 18.3. The van der Waals surface area contributed by atoms with Crippen molar-refractivity contribution >= 4 is 29.5 Å². The average Bonchev–Trinajstić information content (AvgIpc) is 3.15. The Labute approximate surface area is 323 Å². The van der Waals surface area contributed by atoms with Crippen molar-refractivity contribution in [3.63, 3.8) is 0 Å². The molecule has 0 saturated carbocycles. The number of rotatable bonds is 5. The normalized spacial score (nSPS) is 24.2. The van der Waals surface area contributed by atoms with Gasteiger partial charge in [-0.1, -0.05) is 99.6 Å². The number of piperidine rings is 1. The zero-order chi connectivity index (χ0) is 39.6. The van der Waals surface area contributed by atoms with Crippen LogP contribution in [0.3, 0.4) is 0 Å². The highest BCUT2D eigenvalue weighted by Gasteiger charge is 2.44. The minimum Gasteiger partial charge on any atom is -0.378 e. The number of carbonyl (C=O) groups excluding carboxylic acids is 5. The first-order valence-electron chi connectivity index (χ1n) is 19.0. The fraction of sp³-hybridized carbons (Fsp3) is 0.419. The van der Waals surface area contributed by atoms with Gasteiger partial charge in [0.2, 0.25) is 29.5 Å². The fourth-order valence-corrected chi connectivity index (χ4v) is 7.31. The van der Waals surface area contributed by atoms with Crippen LogP contribution in [-0.4, -0.2) is 77.5 Å². The number of benzene rings is 3. The molecular weight excluding hydrogens is 697 g/mol. The molecule has 0 spiro atoms. The van der Waals surface area contributed by atoms with Gasteiger partial charge in [0, 0.05) is 51.2 Å². The summed E-state index contributed by atoms with van der Waals surface area (Å²) in [6, 6.07) is 23.1. The summed E-state index contributed by atoms with van der Waals surface area (Å²) >= 11 is 0. The van der Waals surface area contributed by atoms with E-state index in [0.717, 1.165) is 33.9 Å². The molecule has 2 bridgehead atoms. The summed E-state index contributed by atoms with van der Waals surface area (Å²) in [7, 11) is 0. The van der Waals surface area contributed by atoms with Gasteiger partial charge in [-0.2, -0.15) is 0 Å². The van der Waals surface area contributed by atoms with E-state index in [2.05, 4.69) is 42.0 Å². The molecule has 1 fully saturated rings. The van der Waals surface area contributed by atoms with Crippen LogP contribution in [0.5, 0.6) is 0 Å². The molecule has 3 aromatic rings. The Balaban J connectivity index is 1.50. The van der Waals surface area contributed by atoms with Gasteiger partial charge in [-0.25, -0.2) is 0 Å². The van der Waals surface area contributed by atoms with E-state index in [-0.39, 0.29) is 56.1 Å². The van der Waals surface area contributed by atoms with Crippen molar-refractivity contribution in [2.24, 2.45) is 11.1 Å². The molecule has 12 heteroatoms. The van der Waals surface area contributed by atoms with Crippen molar-refractivity contribution in [2.75, 3.05) is 19.6 Å². The predicted octanol–water partition coefficient (Wildman–Crippen LogP) is 2.56. The van der Waals surface area contributed by atoms with E-state index < -0.39 is 41.4 Å². The molecule has 5 amide bonds. The van der Waals surface area contributed by atoms with Gasteiger partial charge in [-0.3, -0.25) is 29.3 Å². The first-order chi connectivity index (χ1) is 26.2. The Bertz CT molecular complexity index is 1860. The Morgan fingerprint density at radius 1 is 0.891 bits per heavy atom. The highest BCUT2D eigenvalue weighted by Crippen LogP contribution is 2.35. The van der Waals surface area contributed by atoms with Gasteiger partial charge in [-0.05, 0) is 58.9 Å². The largest absolute Gasteiger partial charge is 0.378 e. The third kappa shape index (κ3) is 11.3. The van der Waals surface area contributed by atoms with E-state index >= 15 is 0 Å². The molecule has 12 nitrogen and oxygen atoms in total. The highest BCUT2D eigenvalue weighted by molar-refractivity contribution is 5.97. The van der Waals surface area contributed by atoms with Crippen molar-refractivity contribution in [3.05, 3.63) is 119 Å². The quantitative estimate of drug-likeness (QED) is 0.232. The number of hydrogen-bond donors (Lipinski definition) is 6. The van der Waals surface area contributed by atoms with Crippen molar-refractivity contribution in [1.29, 1.82) is 0 Å². The lowest BCUT2D eigenvalue weighted by atomic mass is 9.74. The monoisotopic (exact) mass is 750 g/mol. The lowest BCUT2D eigenvalue weighted by molar-refractivity contribution is -0.141. The second-order valence-electron chi connectivity index (χ2n) is 15.7. The van der Waals surface area contributed by atoms with Gasteiger partial charge in [0.05, 0.1) is 11.5 Å². The van der Waals surface area contributed by atoms with E-state index in [4.69, 9.17) is 5.73 Å².